The molecule has 1 fully saturated rings. The van der Waals surface area contributed by atoms with Crippen LogP contribution >= 0.6 is 0 Å². The molecule has 136 valence electrons. The van der Waals surface area contributed by atoms with Crippen molar-refractivity contribution in [1.82, 2.24) is 0 Å². The molecule has 2 rings (SSSR count). The van der Waals surface area contributed by atoms with Gasteiger partial charge in [0.1, 0.15) is 30.2 Å². The Labute approximate surface area is 138 Å². The molecule has 1 aromatic carbocycles. The first-order chi connectivity index (χ1) is 11.5. The molecule has 0 spiro atoms. The predicted molar refractivity (Wildman–Crippen MR) is 80.5 cm³/mol. The summed E-state index contributed by atoms with van der Waals surface area (Å²) >= 11 is 0. The lowest BCUT2D eigenvalue weighted by molar-refractivity contribution is -0.277. The molecule has 1 aromatic rings. The van der Waals surface area contributed by atoms with E-state index in [1.54, 1.807) is 0 Å². The lowest BCUT2D eigenvalue weighted by atomic mass is 9.99. The van der Waals surface area contributed by atoms with Gasteiger partial charge in [0.15, 0.2) is 11.5 Å². The van der Waals surface area contributed by atoms with E-state index < -0.39 is 37.3 Å². The first-order valence-corrected chi connectivity index (χ1v) is 7.24. The Balaban J connectivity index is 2.26. The van der Waals surface area contributed by atoms with Crippen LogP contribution in [0, 0.1) is 0 Å². The molecule has 0 bridgehead atoms. The molecule has 9 heteroatoms. The van der Waals surface area contributed by atoms with Crippen LogP contribution in [-0.2, 0) is 4.74 Å². The van der Waals surface area contributed by atoms with Gasteiger partial charge in [-0.2, -0.15) is 0 Å². The maximum absolute atomic E-state index is 10.0. The van der Waals surface area contributed by atoms with E-state index in [9.17, 15) is 20.4 Å². The van der Waals surface area contributed by atoms with E-state index in [0.29, 0.717) is 17.2 Å². The lowest BCUT2D eigenvalue weighted by Gasteiger charge is -2.39. The van der Waals surface area contributed by atoms with Crippen molar-refractivity contribution >= 4 is 0 Å². The fourth-order valence-electron chi connectivity index (χ4n) is 2.42. The molecule has 1 saturated heterocycles. The average Bonchev–Trinajstić information content (AvgIpc) is 2.61. The smallest absolute Gasteiger partial charge is 0.229 e. The standard InChI is InChI=1S/C15H22O9/c1-20-8-4-7(5-9(21-2)14(8)22-3)23-15-13(19)12(18)11(17)10(6-16)24-15/h4-5,10-13,15-19H,6H2,1-3H3/t10-,11+,12+,13-,15-/m1/s1. The third kappa shape index (κ3) is 3.50. The van der Waals surface area contributed by atoms with Crippen LogP contribution in [-0.4, -0.2) is 79.1 Å². The number of aliphatic hydroxyl groups is 4. The molecule has 1 aliphatic heterocycles. The number of methoxy groups -OCH3 is 3. The zero-order valence-electron chi connectivity index (χ0n) is 13.6. The summed E-state index contributed by atoms with van der Waals surface area (Å²) in [5, 5.41) is 38.8. The molecule has 9 nitrogen and oxygen atoms in total. The highest BCUT2D eigenvalue weighted by Gasteiger charge is 2.44. The van der Waals surface area contributed by atoms with Crippen LogP contribution in [0.5, 0.6) is 23.0 Å². The summed E-state index contributed by atoms with van der Waals surface area (Å²) in [6, 6.07) is 2.98. The number of hydrogen-bond acceptors (Lipinski definition) is 9. The number of hydrogen-bond donors (Lipinski definition) is 4. The van der Waals surface area contributed by atoms with E-state index in [1.165, 1.54) is 33.5 Å². The molecule has 0 amide bonds. The van der Waals surface area contributed by atoms with Crippen LogP contribution in [0.25, 0.3) is 0 Å². The van der Waals surface area contributed by atoms with Gasteiger partial charge in [0.05, 0.1) is 27.9 Å². The molecule has 0 radical (unpaired) electrons. The van der Waals surface area contributed by atoms with Gasteiger partial charge in [0.25, 0.3) is 0 Å². The normalized spacial score (nSPS) is 29.9. The molecule has 24 heavy (non-hydrogen) atoms. The third-order valence-corrected chi connectivity index (χ3v) is 3.74. The zero-order valence-corrected chi connectivity index (χ0v) is 13.6. The van der Waals surface area contributed by atoms with E-state index in [0.717, 1.165) is 0 Å². The second kappa shape index (κ2) is 7.86. The van der Waals surface area contributed by atoms with Crippen molar-refractivity contribution in [3.05, 3.63) is 12.1 Å². The maximum Gasteiger partial charge on any atom is 0.229 e. The van der Waals surface area contributed by atoms with Crippen molar-refractivity contribution in [2.75, 3.05) is 27.9 Å². The van der Waals surface area contributed by atoms with E-state index in [2.05, 4.69) is 0 Å². The van der Waals surface area contributed by atoms with E-state index in [-0.39, 0.29) is 5.75 Å². The van der Waals surface area contributed by atoms with E-state index in [4.69, 9.17) is 23.7 Å². The average molecular weight is 346 g/mol. The van der Waals surface area contributed by atoms with Gasteiger partial charge in [-0.15, -0.1) is 0 Å². The summed E-state index contributed by atoms with van der Waals surface area (Å²) in [7, 11) is 4.34. The molecule has 1 heterocycles. The van der Waals surface area contributed by atoms with Crippen molar-refractivity contribution in [3.63, 3.8) is 0 Å². The fourth-order valence-corrected chi connectivity index (χ4v) is 2.42. The minimum absolute atomic E-state index is 0.217. The van der Waals surface area contributed by atoms with Crippen LogP contribution in [0.3, 0.4) is 0 Å². The molecular formula is C15H22O9. The van der Waals surface area contributed by atoms with Gasteiger partial charge in [-0.1, -0.05) is 0 Å². The molecule has 0 aromatic heterocycles. The SMILES string of the molecule is COc1cc(O[C@@H]2O[C@H](CO)[C@H](O)[C@H](O)[C@H]2O)cc(OC)c1OC. The molecular weight excluding hydrogens is 324 g/mol. The largest absolute Gasteiger partial charge is 0.493 e. The van der Waals surface area contributed by atoms with Gasteiger partial charge in [0.2, 0.25) is 12.0 Å². The molecule has 0 unspecified atom stereocenters. The minimum Gasteiger partial charge on any atom is -0.493 e. The highest BCUT2D eigenvalue weighted by molar-refractivity contribution is 5.55. The molecule has 1 aliphatic rings. The second-order valence-corrected chi connectivity index (χ2v) is 5.18. The Morgan fingerprint density at radius 1 is 0.917 bits per heavy atom. The molecule has 4 N–H and O–H groups in total. The predicted octanol–water partition coefficient (Wildman–Crippen LogP) is -1.11. The maximum atomic E-state index is 10.0. The second-order valence-electron chi connectivity index (χ2n) is 5.18. The number of rotatable bonds is 6. The Hall–Kier alpha value is -1.78. The number of aliphatic hydroxyl groups excluding tert-OH is 4. The summed E-state index contributed by atoms with van der Waals surface area (Å²) < 4.78 is 26.4. The van der Waals surface area contributed by atoms with E-state index >= 15 is 0 Å². The van der Waals surface area contributed by atoms with Gasteiger partial charge in [-0.05, 0) is 0 Å². The highest BCUT2D eigenvalue weighted by atomic mass is 16.7. The van der Waals surface area contributed by atoms with Gasteiger partial charge in [-0.3, -0.25) is 0 Å². The van der Waals surface area contributed by atoms with Crippen molar-refractivity contribution in [2.24, 2.45) is 0 Å². The zero-order chi connectivity index (χ0) is 17.9. The van der Waals surface area contributed by atoms with Crippen LogP contribution in [0.15, 0.2) is 12.1 Å². The molecule has 0 saturated carbocycles. The van der Waals surface area contributed by atoms with E-state index in [1.807, 2.05) is 0 Å². The Morgan fingerprint density at radius 2 is 1.50 bits per heavy atom. The molecule has 5 atom stereocenters. The van der Waals surface area contributed by atoms with Gasteiger partial charge in [-0.25, -0.2) is 0 Å². The number of benzene rings is 1. The van der Waals surface area contributed by atoms with Crippen LogP contribution < -0.4 is 18.9 Å². The van der Waals surface area contributed by atoms with Crippen molar-refractivity contribution in [1.29, 1.82) is 0 Å². The first-order valence-electron chi connectivity index (χ1n) is 7.24. The van der Waals surface area contributed by atoms with Crippen LogP contribution in [0.4, 0.5) is 0 Å². The Kier molecular flexibility index (Phi) is 6.08. The summed E-state index contributed by atoms with van der Waals surface area (Å²) in [5.41, 5.74) is 0. The van der Waals surface area contributed by atoms with Crippen molar-refractivity contribution in [3.8, 4) is 23.0 Å². The first kappa shape index (κ1) is 18.6. The highest BCUT2D eigenvalue weighted by Crippen LogP contribution is 2.41. The van der Waals surface area contributed by atoms with Crippen molar-refractivity contribution < 1.29 is 44.1 Å². The lowest BCUT2D eigenvalue weighted by Crippen LogP contribution is -2.60. The summed E-state index contributed by atoms with van der Waals surface area (Å²) in [6.07, 6.45) is -6.85. The fraction of sp³-hybridized carbons (Fsp3) is 0.600. The summed E-state index contributed by atoms with van der Waals surface area (Å²) in [6.45, 7) is -0.542. The Morgan fingerprint density at radius 3 is 1.96 bits per heavy atom. The Bertz CT molecular complexity index is 523. The van der Waals surface area contributed by atoms with Crippen LogP contribution in [0.2, 0.25) is 0 Å². The van der Waals surface area contributed by atoms with Crippen LogP contribution in [0.1, 0.15) is 0 Å². The van der Waals surface area contributed by atoms with Gasteiger partial charge < -0.3 is 44.1 Å². The quantitative estimate of drug-likeness (QED) is 0.507. The van der Waals surface area contributed by atoms with Crippen molar-refractivity contribution in [2.45, 2.75) is 30.7 Å². The van der Waals surface area contributed by atoms with Gasteiger partial charge >= 0.3 is 0 Å². The topological polar surface area (TPSA) is 127 Å². The third-order valence-electron chi connectivity index (χ3n) is 3.74. The number of ether oxygens (including phenoxy) is 5. The minimum atomic E-state index is -1.53. The van der Waals surface area contributed by atoms with Gasteiger partial charge in [0, 0.05) is 12.1 Å². The monoisotopic (exact) mass is 346 g/mol. The summed E-state index contributed by atoms with van der Waals surface area (Å²) in [4.78, 5) is 0. The summed E-state index contributed by atoms with van der Waals surface area (Å²) in [5.74, 6) is 1.24. The molecule has 0 aliphatic carbocycles.